The summed E-state index contributed by atoms with van der Waals surface area (Å²) in [6.45, 7) is 11.8. The Morgan fingerprint density at radius 1 is 0.593 bits per heavy atom. The van der Waals surface area contributed by atoms with Crippen LogP contribution in [0.25, 0.3) is 0 Å². The lowest BCUT2D eigenvalue weighted by atomic mass is 9.81. The number of halogens is 4. The SMILES string of the molecule is CC(C)N1C(=O)C2(CN(c3ccc(F)cc3)C2)N(Cc2ccc(Cl)cc2)C(=O)C1C.CC(C)N1CC(=O)N(Cc2ccc(Cl)cc2)C2(CN(c3ccc(F)cc3)C2)C1=O. The van der Waals surface area contributed by atoms with E-state index in [1.807, 2.05) is 61.8 Å². The zero-order valence-electron chi connectivity index (χ0n) is 33.7. The molecule has 4 saturated heterocycles. The van der Waals surface area contributed by atoms with Crippen molar-refractivity contribution in [3.63, 3.8) is 0 Å². The fourth-order valence-corrected chi connectivity index (χ4v) is 8.83. The van der Waals surface area contributed by atoms with Crippen LogP contribution in [-0.2, 0) is 32.3 Å². The van der Waals surface area contributed by atoms with Crippen LogP contribution in [0.2, 0.25) is 10.0 Å². The fourth-order valence-electron chi connectivity index (χ4n) is 8.58. The van der Waals surface area contributed by atoms with Crippen LogP contribution >= 0.6 is 23.2 Å². The molecule has 59 heavy (non-hydrogen) atoms. The van der Waals surface area contributed by atoms with Gasteiger partial charge < -0.3 is 29.4 Å². The van der Waals surface area contributed by atoms with Crippen LogP contribution in [-0.4, -0.2) is 105 Å². The van der Waals surface area contributed by atoms with Crippen molar-refractivity contribution in [2.45, 2.75) is 76.9 Å². The summed E-state index contributed by atoms with van der Waals surface area (Å²) >= 11 is 12.0. The van der Waals surface area contributed by atoms with Crippen LogP contribution in [0.1, 0.15) is 45.7 Å². The van der Waals surface area contributed by atoms with Gasteiger partial charge in [-0.25, -0.2) is 8.78 Å². The van der Waals surface area contributed by atoms with Crippen molar-refractivity contribution < 1.29 is 28.0 Å². The molecule has 0 saturated carbocycles. The number of rotatable bonds is 8. The number of amides is 4. The Bertz CT molecular complexity index is 2190. The van der Waals surface area contributed by atoms with E-state index >= 15 is 0 Å². The molecule has 0 aliphatic carbocycles. The van der Waals surface area contributed by atoms with Gasteiger partial charge in [0, 0.05) is 46.6 Å². The second-order valence-corrected chi connectivity index (χ2v) is 17.3. The maximum atomic E-state index is 13.6. The van der Waals surface area contributed by atoms with E-state index in [9.17, 15) is 28.0 Å². The Kier molecular flexibility index (Phi) is 11.7. The van der Waals surface area contributed by atoms with Gasteiger partial charge >= 0.3 is 0 Å². The van der Waals surface area contributed by atoms with Gasteiger partial charge in [-0.15, -0.1) is 0 Å². The monoisotopic (exact) mass is 844 g/mol. The van der Waals surface area contributed by atoms with Gasteiger partial charge in [0.05, 0.1) is 26.2 Å². The highest BCUT2D eigenvalue weighted by Crippen LogP contribution is 2.41. The third-order valence-corrected chi connectivity index (χ3v) is 12.4. The zero-order chi connectivity index (χ0) is 42.4. The molecular weight excluding hydrogens is 797 g/mol. The summed E-state index contributed by atoms with van der Waals surface area (Å²) in [5.74, 6) is -0.786. The molecule has 0 bridgehead atoms. The van der Waals surface area contributed by atoms with Gasteiger partial charge in [0.15, 0.2) is 11.1 Å². The molecule has 4 amide bonds. The Morgan fingerprint density at radius 2 is 1.00 bits per heavy atom. The Balaban J connectivity index is 0.000000179. The van der Waals surface area contributed by atoms with Crippen LogP contribution in [0.4, 0.5) is 20.2 Å². The van der Waals surface area contributed by atoms with Crippen molar-refractivity contribution in [2.75, 3.05) is 42.5 Å². The van der Waals surface area contributed by atoms with Crippen molar-refractivity contribution >= 4 is 58.2 Å². The lowest BCUT2D eigenvalue weighted by Gasteiger charge is -2.60. The number of piperazine rings is 2. The van der Waals surface area contributed by atoms with E-state index in [4.69, 9.17) is 23.2 Å². The average molecular weight is 846 g/mol. The molecule has 8 rings (SSSR count). The minimum Gasteiger partial charge on any atom is -0.366 e. The first-order valence-electron chi connectivity index (χ1n) is 19.8. The van der Waals surface area contributed by atoms with Crippen molar-refractivity contribution in [3.8, 4) is 0 Å². The molecule has 4 heterocycles. The van der Waals surface area contributed by atoms with Gasteiger partial charge in [0.1, 0.15) is 24.2 Å². The van der Waals surface area contributed by atoms with Crippen molar-refractivity contribution in [1.29, 1.82) is 0 Å². The van der Waals surface area contributed by atoms with Crippen molar-refractivity contribution in [1.82, 2.24) is 19.6 Å². The standard InChI is InChI=1S/C23H25ClFN3O2.C22H23ClFN3O2/c1-15(2)28-16(3)21(29)27(12-17-4-6-18(24)7-5-17)23(22(28)30)13-26(14-23)20-10-8-19(25)9-11-20;1-15(2)26-12-20(28)27(11-16-3-5-17(23)6-4-16)22(21(26)29)13-25(14-22)19-9-7-18(24)8-10-19/h4-11,15-16H,12-14H2,1-3H3;3-10,15H,11-14H2,1-2H3. The summed E-state index contributed by atoms with van der Waals surface area (Å²) < 4.78 is 26.6. The predicted octanol–water partition coefficient (Wildman–Crippen LogP) is 7.02. The van der Waals surface area contributed by atoms with Crippen LogP contribution in [0, 0.1) is 11.6 Å². The zero-order valence-corrected chi connectivity index (χ0v) is 35.3. The predicted molar refractivity (Wildman–Crippen MR) is 225 cm³/mol. The number of nitrogens with zero attached hydrogens (tertiary/aromatic N) is 6. The maximum Gasteiger partial charge on any atom is 0.253 e. The Morgan fingerprint density at radius 3 is 1.41 bits per heavy atom. The molecule has 14 heteroatoms. The summed E-state index contributed by atoms with van der Waals surface area (Å²) in [7, 11) is 0. The third-order valence-electron chi connectivity index (χ3n) is 11.9. The van der Waals surface area contributed by atoms with Gasteiger partial charge in [-0.05, 0) is 119 Å². The van der Waals surface area contributed by atoms with Crippen LogP contribution in [0.3, 0.4) is 0 Å². The number of anilines is 2. The van der Waals surface area contributed by atoms with E-state index in [-0.39, 0.29) is 53.9 Å². The van der Waals surface area contributed by atoms with Crippen LogP contribution in [0.5, 0.6) is 0 Å². The van der Waals surface area contributed by atoms with Crippen LogP contribution < -0.4 is 9.80 Å². The third kappa shape index (κ3) is 7.96. The highest BCUT2D eigenvalue weighted by atomic mass is 35.5. The molecule has 4 aliphatic heterocycles. The molecule has 4 fully saturated rings. The van der Waals surface area contributed by atoms with Gasteiger partial charge in [0.2, 0.25) is 11.8 Å². The molecular formula is C45H48Cl2F2N6O4. The molecule has 4 aromatic carbocycles. The quantitative estimate of drug-likeness (QED) is 0.190. The largest absolute Gasteiger partial charge is 0.366 e. The molecule has 1 unspecified atom stereocenters. The molecule has 310 valence electrons. The fraction of sp³-hybridized carbons (Fsp3) is 0.378. The lowest BCUT2D eigenvalue weighted by Crippen LogP contribution is -2.82. The summed E-state index contributed by atoms with van der Waals surface area (Å²) in [6.07, 6.45) is 0. The molecule has 0 radical (unpaired) electrons. The highest BCUT2D eigenvalue weighted by molar-refractivity contribution is 6.30. The summed E-state index contributed by atoms with van der Waals surface area (Å²) in [4.78, 5) is 64.3. The van der Waals surface area contributed by atoms with E-state index in [0.717, 1.165) is 22.5 Å². The maximum absolute atomic E-state index is 13.6. The second kappa shape index (κ2) is 16.5. The first-order chi connectivity index (χ1) is 28.0. The smallest absolute Gasteiger partial charge is 0.253 e. The minimum atomic E-state index is -0.929. The molecule has 10 nitrogen and oxygen atoms in total. The van der Waals surface area contributed by atoms with E-state index in [1.54, 1.807) is 75.1 Å². The minimum absolute atomic E-state index is 0.0283. The molecule has 0 aromatic heterocycles. The summed E-state index contributed by atoms with van der Waals surface area (Å²) in [5, 5.41) is 1.25. The molecule has 1 atom stereocenters. The highest BCUT2D eigenvalue weighted by Gasteiger charge is 2.62. The first-order valence-corrected chi connectivity index (χ1v) is 20.5. The van der Waals surface area contributed by atoms with Gasteiger partial charge in [0.25, 0.3) is 11.8 Å². The van der Waals surface area contributed by atoms with Gasteiger partial charge in [-0.1, -0.05) is 47.5 Å². The van der Waals surface area contributed by atoms with Gasteiger partial charge in [-0.2, -0.15) is 0 Å². The van der Waals surface area contributed by atoms with Crippen LogP contribution in [0.15, 0.2) is 97.1 Å². The van der Waals surface area contributed by atoms with E-state index in [1.165, 1.54) is 24.3 Å². The molecule has 2 spiro atoms. The van der Waals surface area contributed by atoms with E-state index in [2.05, 4.69) is 0 Å². The normalized spacial score (nSPS) is 19.7. The molecule has 0 N–H and O–H groups in total. The summed E-state index contributed by atoms with van der Waals surface area (Å²) in [6, 6.07) is 26.4. The van der Waals surface area contributed by atoms with Gasteiger partial charge in [-0.3, -0.25) is 19.2 Å². The van der Waals surface area contributed by atoms with Crippen molar-refractivity contribution in [3.05, 3.63) is 130 Å². The number of benzene rings is 4. The Labute approximate surface area is 353 Å². The average Bonchev–Trinajstić information content (AvgIpc) is 3.16. The molecule has 4 aromatic rings. The second-order valence-electron chi connectivity index (χ2n) is 16.4. The Hall–Kier alpha value is -5.20. The van der Waals surface area contributed by atoms with E-state index in [0.29, 0.717) is 49.3 Å². The van der Waals surface area contributed by atoms with Crippen molar-refractivity contribution in [2.24, 2.45) is 0 Å². The lowest BCUT2D eigenvalue weighted by molar-refractivity contribution is -0.175. The number of carbonyl (C=O) groups excluding carboxylic acids is 4. The first kappa shape index (κ1) is 41.9. The summed E-state index contributed by atoms with van der Waals surface area (Å²) in [5.41, 5.74) is 1.68. The number of hydrogen-bond acceptors (Lipinski definition) is 6. The number of hydrogen-bond donors (Lipinski definition) is 0. The molecule has 4 aliphatic rings. The van der Waals surface area contributed by atoms with E-state index < -0.39 is 17.1 Å². The topological polar surface area (TPSA) is 87.7 Å². The number of carbonyl (C=O) groups is 4.